The number of hydrogen-bond donors (Lipinski definition) is 1. The molecule has 2 atom stereocenters. The molecule has 1 heterocycles. The maximum absolute atomic E-state index is 5.40. The number of morpholine rings is 1. The third-order valence-corrected chi connectivity index (χ3v) is 4.23. The van der Waals surface area contributed by atoms with Crippen molar-refractivity contribution in [3.63, 3.8) is 0 Å². The summed E-state index contributed by atoms with van der Waals surface area (Å²) in [5.74, 6) is 0.925. The lowest BCUT2D eigenvalue weighted by molar-refractivity contribution is 0.0339. The van der Waals surface area contributed by atoms with Crippen molar-refractivity contribution < 1.29 is 9.47 Å². The number of nitrogens with one attached hydrogen (secondary N) is 1. The van der Waals surface area contributed by atoms with Crippen molar-refractivity contribution in [2.24, 2.45) is 0 Å². The molecule has 0 amide bonds. The van der Waals surface area contributed by atoms with Gasteiger partial charge >= 0.3 is 0 Å². The van der Waals surface area contributed by atoms with Crippen LogP contribution in [0.25, 0.3) is 0 Å². The third-order valence-electron chi connectivity index (χ3n) is 4.23. The standard InChI is InChI=1S/C18H30N2O2/c1-15(4-5-17-6-8-18(21-3)9-7-17)19-16(2)14-20-10-12-22-13-11-20/h6-9,15-16,19H,4-5,10-14H2,1-3H3. The molecule has 0 saturated carbocycles. The van der Waals surface area contributed by atoms with Gasteiger partial charge in [-0.3, -0.25) is 4.90 Å². The van der Waals surface area contributed by atoms with Crippen LogP contribution in [0, 0.1) is 0 Å². The Kier molecular flexibility index (Phi) is 7.16. The SMILES string of the molecule is COc1ccc(CCC(C)NC(C)CN2CCOCC2)cc1. The third kappa shape index (κ3) is 5.95. The lowest BCUT2D eigenvalue weighted by Crippen LogP contribution is -2.46. The Morgan fingerprint density at radius 3 is 2.45 bits per heavy atom. The zero-order valence-corrected chi connectivity index (χ0v) is 14.2. The van der Waals surface area contributed by atoms with Crippen molar-refractivity contribution in [1.82, 2.24) is 10.2 Å². The molecule has 22 heavy (non-hydrogen) atoms. The maximum atomic E-state index is 5.40. The van der Waals surface area contributed by atoms with Crippen molar-refractivity contribution in [3.8, 4) is 5.75 Å². The Morgan fingerprint density at radius 2 is 1.82 bits per heavy atom. The highest BCUT2D eigenvalue weighted by Gasteiger charge is 2.15. The van der Waals surface area contributed by atoms with E-state index in [0.717, 1.165) is 51.4 Å². The summed E-state index contributed by atoms with van der Waals surface area (Å²) in [7, 11) is 1.71. The molecule has 1 aromatic rings. The lowest BCUT2D eigenvalue weighted by Gasteiger charge is -2.30. The van der Waals surface area contributed by atoms with Crippen molar-refractivity contribution in [3.05, 3.63) is 29.8 Å². The summed E-state index contributed by atoms with van der Waals surface area (Å²) in [6.45, 7) is 9.53. The van der Waals surface area contributed by atoms with Crippen molar-refractivity contribution in [1.29, 1.82) is 0 Å². The Balaban J connectivity index is 1.66. The number of rotatable bonds is 8. The topological polar surface area (TPSA) is 33.7 Å². The first-order valence-electron chi connectivity index (χ1n) is 8.36. The zero-order chi connectivity index (χ0) is 15.8. The average molecular weight is 306 g/mol. The first-order chi connectivity index (χ1) is 10.7. The van der Waals surface area contributed by atoms with Gasteiger partial charge in [0.2, 0.25) is 0 Å². The van der Waals surface area contributed by atoms with Crippen LogP contribution in [0.1, 0.15) is 25.8 Å². The monoisotopic (exact) mass is 306 g/mol. The van der Waals surface area contributed by atoms with Crippen molar-refractivity contribution >= 4 is 0 Å². The van der Waals surface area contributed by atoms with Crippen LogP contribution in [0.3, 0.4) is 0 Å². The molecular formula is C18H30N2O2. The molecule has 1 N–H and O–H groups in total. The quantitative estimate of drug-likeness (QED) is 0.799. The Bertz CT molecular complexity index is 416. The molecule has 1 saturated heterocycles. The first-order valence-corrected chi connectivity index (χ1v) is 8.36. The summed E-state index contributed by atoms with van der Waals surface area (Å²) in [5, 5.41) is 3.71. The number of methoxy groups -OCH3 is 1. The normalized spacial score (nSPS) is 18.9. The number of hydrogen-bond acceptors (Lipinski definition) is 4. The highest BCUT2D eigenvalue weighted by atomic mass is 16.5. The second kappa shape index (κ2) is 9.13. The Labute approximate surface area is 134 Å². The maximum Gasteiger partial charge on any atom is 0.118 e. The first kappa shape index (κ1) is 17.3. The summed E-state index contributed by atoms with van der Waals surface area (Å²) in [4.78, 5) is 2.48. The second-order valence-corrected chi connectivity index (χ2v) is 6.27. The molecule has 0 spiro atoms. The predicted octanol–water partition coefficient (Wildman–Crippen LogP) is 2.33. The van der Waals surface area contributed by atoms with Gasteiger partial charge in [-0.2, -0.15) is 0 Å². The van der Waals surface area contributed by atoms with Crippen LogP contribution in [0.2, 0.25) is 0 Å². The van der Waals surface area contributed by atoms with Gasteiger partial charge in [0.1, 0.15) is 5.75 Å². The Hall–Kier alpha value is -1.10. The van der Waals surface area contributed by atoms with Gasteiger partial charge in [0.25, 0.3) is 0 Å². The predicted molar refractivity (Wildman–Crippen MR) is 90.6 cm³/mol. The van der Waals surface area contributed by atoms with Crippen LogP contribution in [-0.2, 0) is 11.2 Å². The van der Waals surface area contributed by atoms with E-state index in [1.54, 1.807) is 7.11 Å². The highest BCUT2D eigenvalue weighted by Crippen LogP contribution is 2.13. The van der Waals surface area contributed by atoms with Crippen LogP contribution in [0.15, 0.2) is 24.3 Å². The van der Waals surface area contributed by atoms with Gasteiger partial charge < -0.3 is 14.8 Å². The molecule has 4 heteroatoms. The average Bonchev–Trinajstić information content (AvgIpc) is 2.54. The molecule has 0 aliphatic carbocycles. The molecule has 0 bridgehead atoms. The van der Waals surface area contributed by atoms with E-state index >= 15 is 0 Å². The summed E-state index contributed by atoms with van der Waals surface area (Å²) >= 11 is 0. The largest absolute Gasteiger partial charge is 0.497 e. The Morgan fingerprint density at radius 1 is 1.14 bits per heavy atom. The van der Waals surface area contributed by atoms with E-state index in [1.165, 1.54) is 5.56 Å². The van der Waals surface area contributed by atoms with E-state index in [4.69, 9.17) is 9.47 Å². The van der Waals surface area contributed by atoms with E-state index in [2.05, 4.69) is 36.2 Å². The fraction of sp³-hybridized carbons (Fsp3) is 0.667. The van der Waals surface area contributed by atoms with Crippen LogP contribution in [-0.4, -0.2) is 56.9 Å². The number of aryl methyl sites for hydroxylation is 1. The van der Waals surface area contributed by atoms with Gasteiger partial charge in [-0.25, -0.2) is 0 Å². The lowest BCUT2D eigenvalue weighted by atomic mass is 10.1. The summed E-state index contributed by atoms with van der Waals surface area (Å²) in [6.07, 6.45) is 2.25. The fourth-order valence-corrected chi connectivity index (χ4v) is 2.97. The molecule has 1 aromatic carbocycles. The van der Waals surface area contributed by atoms with Crippen LogP contribution < -0.4 is 10.1 Å². The molecule has 1 aliphatic heterocycles. The molecule has 4 nitrogen and oxygen atoms in total. The van der Waals surface area contributed by atoms with Gasteiger partial charge in [-0.1, -0.05) is 12.1 Å². The van der Waals surface area contributed by atoms with E-state index < -0.39 is 0 Å². The van der Waals surface area contributed by atoms with E-state index in [0.29, 0.717) is 12.1 Å². The van der Waals surface area contributed by atoms with Gasteiger partial charge in [0.15, 0.2) is 0 Å². The minimum atomic E-state index is 0.518. The molecule has 1 fully saturated rings. The highest BCUT2D eigenvalue weighted by molar-refractivity contribution is 5.27. The number of benzene rings is 1. The summed E-state index contributed by atoms with van der Waals surface area (Å²) in [5.41, 5.74) is 1.37. The second-order valence-electron chi connectivity index (χ2n) is 6.27. The molecule has 2 unspecified atom stereocenters. The van der Waals surface area contributed by atoms with Crippen LogP contribution >= 0.6 is 0 Å². The van der Waals surface area contributed by atoms with Crippen LogP contribution in [0.5, 0.6) is 5.75 Å². The van der Waals surface area contributed by atoms with Gasteiger partial charge in [-0.15, -0.1) is 0 Å². The fourth-order valence-electron chi connectivity index (χ4n) is 2.97. The smallest absolute Gasteiger partial charge is 0.118 e. The summed E-state index contributed by atoms with van der Waals surface area (Å²) in [6, 6.07) is 9.43. The van der Waals surface area contributed by atoms with E-state index in [9.17, 15) is 0 Å². The minimum absolute atomic E-state index is 0.518. The number of nitrogens with zero attached hydrogens (tertiary/aromatic N) is 1. The molecule has 1 aliphatic rings. The van der Waals surface area contributed by atoms with Gasteiger partial charge in [0, 0.05) is 31.7 Å². The molecule has 0 radical (unpaired) electrons. The molecule has 124 valence electrons. The van der Waals surface area contributed by atoms with E-state index in [-0.39, 0.29) is 0 Å². The summed E-state index contributed by atoms with van der Waals surface area (Å²) < 4.78 is 10.6. The van der Waals surface area contributed by atoms with Gasteiger partial charge in [0.05, 0.1) is 20.3 Å². The van der Waals surface area contributed by atoms with Crippen molar-refractivity contribution in [2.75, 3.05) is 40.0 Å². The van der Waals surface area contributed by atoms with Crippen LogP contribution in [0.4, 0.5) is 0 Å². The van der Waals surface area contributed by atoms with Crippen molar-refractivity contribution in [2.45, 2.75) is 38.8 Å². The zero-order valence-electron chi connectivity index (χ0n) is 14.2. The number of ether oxygens (including phenoxy) is 2. The molecule has 2 rings (SSSR count). The molecule has 0 aromatic heterocycles. The minimum Gasteiger partial charge on any atom is -0.497 e. The van der Waals surface area contributed by atoms with Gasteiger partial charge in [-0.05, 0) is 44.4 Å². The van der Waals surface area contributed by atoms with E-state index in [1.807, 2.05) is 12.1 Å². The molecular weight excluding hydrogens is 276 g/mol.